The first-order valence-corrected chi connectivity index (χ1v) is 25.4. The Morgan fingerprint density at radius 1 is 0.471 bits per heavy atom. The zero-order valence-electron chi connectivity index (χ0n) is 43.1. The van der Waals surface area contributed by atoms with Gasteiger partial charge in [0, 0.05) is 61.6 Å². The summed E-state index contributed by atoms with van der Waals surface area (Å²) in [6, 6.07) is 65.3. The van der Waals surface area contributed by atoms with Gasteiger partial charge in [-0.3, -0.25) is 0 Å². The van der Waals surface area contributed by atoms with Crippen molar-refractivity contribution in [1.82, 2.24) is 4.57 Å². The van der Waals surface area contributed by atoms with Crippen LogP contribution in [0.5, 0.6) is 0 Å². The number of fused-ring (bicyclic) bond motifs is 9. The predicted molar refractivity (Wildman–Crippen MR) is 301 cm³/mol. The normalized spacial score (nSPS) is 14.3. The third-order valence-corrected chi connectivity index (χ3v) is 15.9. The summed E-state index contributed by atoms with van der Waals surface area (Å²) >= 11 is 0. The van der Waals surface area contributed by atoms with Gasteiger partial charge in [-0.25, -0.2) is 0 Å². The molecular formula is C66H64BN3. The Hall–Kier alpha value is -7.04. The number of benzene rings is 8. The number of para-hydroxylation sites is 1. The van der Waals surface area contributed by atoms with Crippen molar-refractivity contribution in [2.45, 2.75) is 105 Å². The van der Waals surface area contributed by atoms with Crippen molar-refractivity contribution in [2.75, 3.05) is 9.80 Å². The van der Waals surface area contributed by atoms with Crippen LogP contribution in [-0.2, 0) is 21.7 Å². The van der Waals surface area contributed by atoms with Gasteiger partial charge >= 0.3 is 0 Å². The van der Waals surface area contributed by atoms with E-state index in [9.17, 15) is 0 Å². The second kappa shape index (κ2) is 15.2. The summed E-state index contributed by atoms with van der Waals surface area (Å²) in [6.07, 6.45) is 0. The van der Waals surface area contributed by atoms with Gasteiger partial charge in [0.1, 0.15) is 0 Å². The van der Waals surface area contributed by atoms with Crippen LogP contribution in [0.25, 0.3) is 39.0 Å². The number of nitrogens with zero attached hydrogens (tertiary/aromatic N) is 3. The molecule has 1 aromatic heterocycles. The van der Waals surface area contributed by atoms with E-state index in [1.54, 1.807) is 0 Å². The molecule has 2 aliphatic heterocycles. The molecule has 0 fully saturated rings. The van der Waals surface area contributed by atoms with Gasteiger partial charge in [0.15, 0.2) is 0 Å². The lowest BCUT2D eigenvalue weighted by Crippen LogP contribution is -2.60. The first kappa shape index (κ1) is 44.2. The van der Waals surface area contributed by atoms with Gasteiger partial charge in [0.05, 0.1) is 11.4 Å². The van der Waals surface area contributed by atoms with E-state index in [4.69, 9.17) is 0 Å². The van der Waals surface area contributed by atoms with Crippen molar-refractivity contribution in [2.24, 2.45) is 0 Å². The number of aryl methyl sites for hydroxylation is 1. The van der Waals surface area contributed by atoms with Crippen LogP contribution < -0.4 is 26.2 Å². The molecule has 0 amide bonds. The van der Waals surface area contributed by atoms with E-state index in [0.29, 0.717) is 0 Å². The van der Waals surface area contributed by atoms with Crippen molar-refractivity contribution in [1.29, 1.82) is 0 Å². The fraction of sp³-hybridized carbons (Fsp3) is 0.242. The first-order valence-electron chi connectivity index (χ1n) is 25.4. The highest BCUT2D eigenvalue weighted by Gasteiger charge is 2.47. The van der Waals surface area contributed by atoms with Crippen LogP contribution >= 0.6 is 0 Å². The Morgan fingerprint density at radius 2 is 1.06 bits per heavy atom. The summed E-state index contributed by atoms with van der Waals surface area (Å²) in [7, 11) is 0. The van der Waals surface area contributed by atoms with Crippen LogP contribution in [0.1, 0.15) is 110 Å². The van der Waals surface area contributed by atoms with E-state index >= 15 is 0 Å². The molecule has 346 valence electrons. The lowest BCUT2D eigenvalue weighted by molar-refractivity contribution is 0.590. The number of hydrogen-bond donors (Lipinski definition) is 0. The van der Waals surface area contributed by atoms with E-state index in [0.717, 1.165) is 17.1 Å². The molecule has 0 bridgehead atoms. The predicted octanol–water partition coefficient (Wildman–Crippen LogP) is 15.9. The van der Waals surface area contributed by atoms with Gasteiger partial charge in [-0.1, -0.05) is 185 Å². The third kappa shape index (κ3) is 6.62. The molecule has 0 N–H and O–H groups in total. The summed E-state index contributed by atoms with van der Waals surface area (Å²) in [5.74, 6) is 0. The number of aromatic nitrogens is 1. The summed E-state index contributed by atoms with van der Waals surface area (Å²) < 4.78 is 2.67. The molecule has 9 aromatic rings. The van der Waals surface area contributed by atoms with Crippen molar-refractivity contribution in [3.05, 3.63) is 203 Å². The second-order valence-electron chi connectivity index (χ2n) is 24.0. The number of anilines is 6. The maximum Gasteiger partial charge on any atom is 0.252 e. The minimum Gasteiger partial charge on any atom is -0.311 e. The van der Waals surface area contributed by atoms with Crippen molar-refractivity contribution < 1.29 is 0 Å². The lowest BCUT2D eigenvalue weighted by atomic mass is 9.33. The van der Waals surface area contributed by atoms with E-state index in [-0.39, 0.29) is 28.4 Å². The van der Waals surface area contributed by atoms with E-state index in [1.807, 2.05) is 0 Å². The highest BCUT2D eigenvalue weighted by molar-refractivity contribution is 7.00. The molecular weight excluding hydrogens is 846 g/mol. The van der Waals surface area contributed by atoms with Gasteiger partial charge in [-0.15, -0.1) is 0 Å². The highest BCUT2D eigenvalue weighted by Crippen LogP contribution is 2.55. The maximum atomic E-state index is 2.67. The largest absolute Gasteiger partial charge is 0.311 e. The molecule has 1 aliphatic carbocycles. The smallest absolute Gasteiger partial charge is 0.252 e. The molecule has 70 heavy (non-hydrogen) atoms. The van der Waals surface area contributed by atoms with E-state index in [2.05, 4.69) is 267 Å². The molecule has 3 aliphatic rings. The third-order valence-electron chi connectivity index (χ3n) is 15.9. The maximum absolute atomic E-state index is 2.67. The van der Waals surface area contributed by atoms with Crippen LogP contribution in [-0.4, -0.2) is 11.3 Å². The fourth-order valence-electron chi connectivity index (χ4n) is 12.2. The standard InChI is InChI=1S/C66H64BN3/c1-41-37-57-60-58(38-41)70-61-50(59-62(70)49-21-16-17-23-52(49)66(59,11)12)22-18-24-54(61)67(60)53-35-34-48(40-56(53)69(57)55-36-29-45(65(8,9)10)39-51(55)42-19-14-13-15-20-42)68(46-30-25-43(26-31-46)63(2,3)4)47-32-27-44(28-33-47)64(5,6)7/h13-40H,1-12H3. The fourth-order valence-corrected chi connectivity index (χ4v) is 12.2. The molecule has 4 heteroatoms. The lowest BCUT2D eigenvalue weighted by Gasteiger charge is -2.42. The topological polar surface area (TPSA) is 11.4 Å². The quantitative estimate of drug-likeness (QED) is 0.159. The van der Waals surface area contributed by atoms with E-state index < -0.39 is 0 Å². The Bertz CT molecular complexity index is 3510. The second-order valence-corrected chi connectivity index (χ2v) is 24.0. The molecule has 0 saturated carbocycles. The Kier molecular flexibility index (Phi) is 9.62. The summed E-state index contributed by atoms with van der Waals surface area (Å²) in [5, 5.41) is 1.36. The SMILES string of the molecule is Cc1cc2c3c(c1)-n1c4c(c5cccc(c51)B3c1ccc(N(c3ccc(C(C)(C)C)cc3)c3ccc(C(C)(C)C)cc3)cc1N2c1ccc(C(C)(C)C)cc1-c1ccccc1)C(C)(C)c1ccccc1-4. The van der Waals surface area contributed by atoms with Crippen LogP contribution in [0, 0.1) is 6.92 Å². The number of rotatable bonds is 5. The van der Waals surface area contributed by atoms with Gasteiger partial charge in [-0.2, -0.15) is 0 Å². The van der Waals surface area contributed by atoms with Crippen molar-refractivity contribution in [3.63, 3.8) is 0 Å². The number of hydrogen-bond acceptors (Lipinski definition) is 2. The molecule has 3 heterocycles. The first-order chi connectivity index (χ1) is 33.3. The van der Waals surface area contributed by atoms with Gasteiger partial charge in [0.2, 0.25) is 0 Å². The molecule has 0 atom stereocenters. The van der Waals surface area contributed by atoms with Gasteiger partial charge in [-0.05, 0) is 139 Å². The zero-order chi connectivity index (χ0) is 48.8. The summed E-state index contributed by atoms with van der Waals surface area (Å²) in [6.45, 7) is 27.9. The van der Waals surface area contributed by atoms with Crippen molar-refractivity contribution >= 4 is 68.1 Å². The van der Waals surface area contributed by atoms with E-state index in [1.165, 1.54) is 106 Å². The molecule has 3 nitrogen and oxygen atoms in total. The van der Waals surface area contributed by atoms with Crippen LogP contribution in [0.4, 0.5) is 34.1 Å². The molecule has 0 radical (unpaired) electrons. The minimum atomic E-state index is -0.154. The molecule has 8 aromatic carbocycles. The Morgan fingerprint density at radius 3 is 1.70 bits per heavy atom. The zero-order valence-corrected chi connectivity index (χ0v) is 43.1. The Balaban J connectivity index is 1.18. The van der Waals surface area contributed by atoms with Gasteiger partial charge < -0.3 is 14.4 Å². The molecule has 12 rings (SSSR count). The average molecular weight is 910 g/mol. The van der Waals surface area contributed by atoms with Crippen LogP contribution in [0.15, 0.2) is 170 Å². The van der Waals surface area contributed by atoms with Crippen molar-refractivity contribution in [3.8, 4) is 28.1 Å². The highest BCUT2D eigenvalue weighted by atomic mass is 15.2. The summed E-state index contributed by atoms with van der Waals surface area (Å²) in [5.41, 5.74) is 26.7. The minimum absolute atomic E-state index is 0.00935. The monoisotopic (exact) mass is 910 g/mol. The molecule has 0 unspecified atom stereocenters. The van der Waals surface area contributed by atoms with Crippen LogP contribution in [0.2, 0.25) is 0 Å². The van der Waals surface area contributed by atoms with Crippen LogP contribution in [0.3, 0.4) is 0 Å². The summed E-state index contributed by atoms with van der Waals surface area (Å²) in [4.78, 5) is 5.10. The Labute approximate surface area is 416 Å². The average Bonchev–Trinajstić information content (AvgIpc) is 3.80. The molecule has 0 saturated heterocycles. The van der Waals surface area contributed by atoms with Gasteiger partial charge in [0.25, 0.3) is 6.71 Å². The molecule has 0 spiro atoms.